The van der Waals surface area contributed by atoms with Crippen LogP contribution in [0.4, 0.5) is 52.7 Å². The van der Waals surface area contributed by atoms with Crippen molar-refractivity contribution in [3.05, 3.63) is 0 Å². The average molecular weight is 654 g/mol. The normalized spacial score (nSPS) is 22.8. The molecule has 4 nitrogen and oxygen atoms in total. The van der Waals surface area contributed by atoms with E-state index in [0.717, 1.165) is 0 Å². The molecule has 0 bridgehead atoms. The van der Waals surface area contributed by atoms with Crippen molar-refractivity contribution in [1.29, 1.82) is 0 Å². The first-order valence-corrected chi connectivity index (χ1v) is 18.2. The van der Waals surface area contributed by atoms with Crippen molar-refractivity contribution in [3.63, 3.8) is 0 Å². The second kappa shape index (κ2) is 11.3. The van der Waals surface area contributed by atoms with Crippen molar-refractivity contribution < 1.29 is 65.7 Å². The van der Waals surface area contributed by atoms with Gasteiger partial charge in [-0.05, 0) is 0 Å². The zero-order chi connectivity index (χ0) is 27.6. The summed E-state index contributed by atoms with van der Waals surface area (Å²) in [6, 6.07) is 0. The molecule has 0 amide bonds. The summed E-state index contributed by atoms with van der Waals surface area (Å²) in [5, 5.41) is 5.20. The third-order valence-corrected chi connectivity index (χ3v) is 27.3. The zero-order valence-corrected chi connectivity index (χ0v) is 23.5. The van der Waals surface area contributed by atoms with Gasteiger partial charge in [0, 0.05) is 0 Å². The molecule has 229 valence electrons. The number of hydrogen-bond acceptors (Lipinski definition) is 4. The minimum atomic E-state index is -13.0. The van der Waals surface area contributed by atoms with Crippen LogP contribution in [-0.4, -0.2) is 73.7 Å². The van der Waals surface area contributed by atoms with Gasteiger partial charge in [0.05, 0.1) is 0 Å². The standard InChI is InChI=1S/C12H27N4.4CF3.2CH3.2ClH.Ti/c1-5-13-7-2-9-15-11-4-12-16-10-3-8-14-6-1;4*2-1(3)4;;;;;/h13-15H,1-12H2;;;;;2*1H3;2*1H;/q-1;;;;;;;;;+1. The summed E-state index contributed by atoms with van der Waals surface area (Å²) < 4.78 is 144. The van der Waals surface area contributed by atoms with Crippen LogP contribution >= 0.6 is 24.8 Å². The van der Waals surface area contributed by atoms with Gasteiger partial charge in [-0.1, -0.05) is 0 Å². The fourth-order valence-corrected chi connectivity index (χ4v) is 13.1. The van der Waals surface area contributed by atoms with E-state index in [1.165, 1.54) is 0 Å². The van der Waals surface area contributed by atoms with Crippen LogP contribution in [0.3, 0.4) is 0 Å². The molecule has 1 rings (SSSR count). The molecule has 0 aromatic heterocycles. The van der Waals surface area contributed by atoms with Crippen molar-refractivity contribution in [2.24, 2.45) is 0 Å². The van der Waals surface area contributed by atoms with E-state index < -0.39 is 70.7 Å². The molecule has 19 heteroatoms. The van der Waals surface area contributed by atoms with Crippen LogP contribution in [0.2, 0.25) is 10.5 Å². The van der Waals surface area contributed by atoms with E-state index >= 15 is 0 Å². The molecule has 0 unspecified atom stereocenters. The van der Waals surface area contributed by atoms with Crippen LogP contribution in [0.15, 0.2) is 0 Å². The maximum atomic E-state index is 14.7. The molecule has 1 heterocycles. The molecular formula is C18H35Cl2F12N4Ti. The molecule has 0 saturated carbocycles. The summed E-state index contributed by atoms with van der Waals surface area (Å²) in [7, 11) is 0. The van der Waals surface area contributed by atoms with Gasteiger partial charge in [0.1, 0.15) is 0 Å². The van der Waals surface area contributed by atoms with E-state index in [9.17, 15) is 52.7 Å². The van der Waals surface area contributed by atoms with Crippen LogP contribution in [-0.2, 0) is 13.0 Å². The van der Waals surface area contributed by atoms with E-state index in [2.05, 4.69) is 16.0 Å². The van der Waals surface area contributed by atoms with Gasteiger partial charge >= 0.3 is 191 Å². The van der Waals surface area contributed by atoms with Crippen molar-refractivity contribution >= 4 is 24.8 Å². The van der Waals surface area contributed by atoms with E-state index in [0.29, 0.717) is 25.9 Å². The number of halogens is 14. The summed E-state index contributed by atoms with van der Waals surface area (Å²) in [5.41, 5.74) is 0. The van der Waals surface area contributed by atoms with Crippen molar-refractivity contribution in [3.8, 4) is 0 Å². The summed E-state index contributed by atoms with van der Waals surface area (Å²) in [5.74, 6) is 0. The number of nitrogens with zero attached hydrogens (tertiary/aromatic N) is 1. The summed E-state index contributed by atoms with van der Waals surface area (Å²) >= 11 is -13.0. The summed E-state index contributed by atoms with van der Waals surface area (Å²) in [4.78, 5) is 0. The fourth-order valence-electron chi connectivity index (χ4n) is 4.53. The Bertz CT molecular complexity index is 666. The molecule has 1 aliphatic heterocycles. The van der Waals surface area contributed by atoms with Gasteiger partial charge < -0.3 is 0 Å². The summed E-state index contributed by atoms with van der Waals surface area (Å²) in [6.45, 7) is -2.68. The molecular weight excluding hydrogens is 619 g/mol. The van der Waals surface area contributed by atoms with Crippen LogP contribution in [0.5, 0.6) is 0 Å². The zero-order valence-electron chi connectivity index (χ0n) is 20.3. The first-order chi connectivity index (χ1) is 15.5. The first kappa shape index (κ1) is 39.4. The van der Waals surface area contributed by atoms with Crippen LogP contribution in [0.25, 0.3) is 0 Å². The number of hydrogen-bond donors (Lipinski definition) is 3. The van der Waals surface area contributed by atoms with E-state index in [4.69, 9.17) is 0 Å². The number of alkyl halides is 12. The molecule has 0 aromatic rings. The molecule has 37 heavy (non-hydrogen) atoms. The Morgan fingerprint density at radius 2 is 0.676 bits per heavy atom. The Morgan fingerprint density at radius 1 is 0.459 bits per heavy atom. The van der Waals surface area contributed by atoms with Gasteiger partial charge in [0.2, 0.25) is 0 Å². The average Bonchev–Trinajstić information content (AvgIpc) is 2.64. The minimum absolute atomic E-state index is 0. The fraction of sp³-hybridized carbons (Fsp3) is 1.00. The summed E-state index contributed by atoms with van der Waals surface area (Å²) in [6.07, 6.45) is -0.624. The third-order valence-electron chi connectivity index (χ3n) is 8.72. The molecule has 3 N–H and O–H groups in total. The van der Waals surface area contributed by atoms with Gasteiger partial charge in [-0.2, -0.15) is 0 Å². The molecule has 1 fully saturated rings. The van der Waals surface area contributed by atoms with Crippen molar-refractivity contribution in [1.82, 2.24) is 19.3 Å². The topological polar surface area (TPSA) is 39.3 Å². The second-order valence-electron chi connectivity index (χ2n) is 10.8. The third kappa shape index (κ3) is 4.08. The maximum absolute atomic E-state index is 14.7. The Morgan fingerprint density at radius 3 is 0.892 bits per heavy atom. The SMILES string of the molecule is Cl.Cl.[CH3][Ti]([CH3])([N]1CCCNCCCNCCCNCCC1)([C](F)(F)F)([C](F)(F)F)([C](F)(F)F)[C](F)(F)F. The van der Waals surface area contributed by atoms with Crippen LogP contribution in [0, 0.1) is 0 Å². The molecule has 1 saturated heterocycles. The van der Waals surface area contributed by atoms with Crippen LogP contribution < -0.4 is 16.0 Å². The molecule has 1 aliphatic rings. The van der Waals surface area contributed by atoms with E-state index in [-0.39, 0.29) is 51.0 Å². The quantitative estimate of drug-likeness (QED) is 0.229. The predicted molar refractivity (Wildman–Crippen MR) is 119 cm³/mol. The number of rotatable bonds is 1. The van der Waals surface area contributed by atoms with E-state index in [1.54, 1.807) is 0 Å². The van der Waals surface area contributed by atoms with Gasteiger partial charge in [-0.25, -0.2) is 0 Å². The van der Waals surface area contributed by atoms with Gasteiger partial charge in [0.25, 0.3) is 0 Å². The molecule has 0 aliphatic carbocycles. The monoisotopic (exact) mass is 653 g/mol. The first-order valence-electron chi connectivity index (χ1n) is 11.2. The number of nitrogens with one attached hydrogen (secondary N) is 3. The van der Waals surface area contributed by atoms with Gasteiger partial charge in [-0.3, -0.25) is 0 Å². The molecule has 0 aromatic carbocycles. The van der Waals surface area contributed by atoms with Crippen LogP contribution in [0.1, 0.15) is 25.7 Å². The van der Waals surface area contributed by atoms with Crippen molar-refractivity contribution in [2.45, 2.75) is 54.1 Å². The molecule has 0 spiro atoms. The Balaban J connectivity index is 0. The Hall–Kier alpha value is 0.294. The molecule has 0 radical (unpaired) electrons. The van der Waals surface area contributed by atoms with E-state index in [1.807, 2.05) is 0 Å². The van der Waals surface area contributed by atoms with Crippen molar-refractivity contribution in [2.75, 3.05) is 52.4 Å². The van der Waals surface area contributed by atoms with Gasteiger partial charge in [-0.15, -0.1) is 24.8 Å². The second-order valence-corrected chi connectivity index (χ2v) is 28.3. The molecule has 0 atom stereocenters. The van der Waals surface area contributed by atoms with Gasteiger partial charge in [0.15, 0.2) is 0 Å². The Kier molecular flexibility index (Phi) is 12.0. The predicted octanol–water partition coefficient (Wildman–Crippen LogP) is 6.33. The Labute approximate surface area is 216 Å².